The predicted molar refractivity (Wildman–Crippen MR) is 89.8 cm³/mol. The van der Waals surface area contributed by atoms with Gasteiger partial charge in [-0.3, -0.25) is 9.59 Å². The maximum absolute atomic E-state index is 11.6. The molecule has 23 heavy (non-hydrogen) atoms. The van der Waals surface area contributed by atoms with Crippen molar-refractivity contribution in [3.05, 3.63) is 58.2 Å². The number of nitrogens with one attached hydrogen (secondary N) is 2. The molecule has 2 amide bonds. The minimum absolute atomic E-state index is 0.119. The molecule has 0 aliphatic rings. The van der Waals surface area contributed by atoms with E-state index >= 15 is 0 Å². The molecule has 0 fully saturated rings. The van der Waals surface area contributed by atoms with Crippen molar-refractivity contribution in [2.24, 2.45) is 5.73 Å². The van der Waals surface area contributed by atoms with Crippen LogP contribution in [0.1, 0.15) is 26.3 Å². The van der Waals surface area contributed by atoms with Crippen molar-refractivity contribution in [3.63, 3.8) is 0 Å². The number of anilines is 1. The first-order chi connectivity index (χ1) is 11.0. The number of rotatable bonds is 6. The molecule has 0 radical (unpaired) electrons. The lowest BCUT2D eigenvalue weighted by molar-refractivity contribution is 0.0961. The summed E-state index contributed by atoms with van der Waals surface area (Å²) in [6.45, 7) is 0.583. The first-order valence-electron chi connectivity index (χ1n) is 7.01. The van der Waals surface area contributed by atoms with Crippen molar-refractivity contribution in [2.45, 2.75) is 6.42 Å². The molecule has 1 aromatic heterocycles. The lowest BCUT2D eigenvalue weighted by Gasteiger charge is -2.09. The number of pyridine rings is 1. The number of aromatic nitrogens is 1. The van der Waals surface area contributed by atoms with Gasteiger partial charge in [-0.15, -0.1) is 0 Å². The van der Waals surface area contributed by atoms with Gasteiger partial charge in [-0.05, 0) is 30.2 Å². The highest BCUT2D eigenvalue weighted by molar-refractivity contribution is 6.33. The first kappa shape index (κ1) is 16.8. The van der Waals surface area contributed by atoms with E-state index in [-0.39, 0.29) is 11.5 Å². The SMILES string of the molecule is CNC(=O)c1cccc(CCNc2ncc(C(N)=O)cc2Cl)c1. The summed E-state index contributed by atoms with van der Waals surface area (Å²) in [5, 5.41) is 6.02. The number of nitrogens with two attached hydrogens (primary N) is 1. The number of carbonyl (C=O) groups excluding carboxylic acids is 2. The van der Waals surface area contributed by atoms with Crippen molar-refractivity contribution in [2.75, 3.05) is 18.9 Å². The summed E-state index contributed by atoms with van der Waals surface area (Å²) in [6, 6.07) is 8.86. The zero-order chi connectivity index (χ0) is 16.8. The number of hydrogen-bond donors (Lipinski definition) is 3. The van der Waals surface area contributed by atoms with Crippen LogP contribution in [0.3, 0.4) is 0 Å². The predicted octanol–water partition coefficient (Wildman–Crippen LogP) is 1.85. The van der Waals surface area contributed by atoms with Crippen LogP contribution in [-0.2, 0) is 6.42 Å². The van der Waals surface area contributed by atoms with E-state index in [0.29, 0.717) is 29.4 Å². The Kier molecular flexibility index (Phi) is 5.54. The lowest BCUT2D eigenvalue weighted by atomic mass is 10.1. The summed E-state index contributed by atoms with van der Waals surface area (Å²) in [7, 11) is 1.60. The fraction of sp³-hybridized carbons (Fsp3) is 0.188. The quantitative estimate of drug-likeness (QED) is 0.752. The lowest BCUT2D eigenvalue weighted by Crippen LogP contribution is -2.18. The van der Waals surface area contributed by atoms with Gasteiger partial charge in [0.15, 0.2) is 0 Å². The van der Waals surface area contributed by atoms with Crippen LogP contribution in [0.4, 0.5) is 5.82 Å². The van der Waals surface area contributed by atoms with E-state index in [1.807, 2.05) is 18.2 Å². The van der Waals surface area contributed by atoms with Crippen LogP contribution in [0.15, 0.2) is 36.5 Å². The minimum atomic E-state index is -0.572. The number of carbonyl (C=O) groups is 2. The summed E-state index contributed by atoms with van der Waals surface area (Å²) >= 11 is 6.06. The molecule has 120 valence electrons. The van der Waals surface area contributed by atoms with Gasteiger partial charge in [-0.1, -0.05) is 23.7 Å². The second-order valence-corrected chi connectivity index (χ2v) is 5.28. The number of primary amides is 1. The second-order valence-electron chi connectivity index (χ2n) is 4.87. The Morgan fingerprint density at radius 1 is 1.26 bits per heavy atom. The smallest absolute Gasteiger partial charge is 0.251 e. The third-order valence-electron chi connectivity index (χ3n) is 3.25. The molecule has 0 aliphatic carbocycles. The van der Waals surface area contributed by atoms with Crippen LogP contribution in [0.25, 0.3) is 0 Å². The molecular weight excluding hydrogens is 316 g/mol. The molecule has 1 heterocycles. The van der Waals surface area contributed by atoms with Gasteiger partial charge in [0.2, 0.25) is 5.91 Å². The van der Waals surface area contributed by atoms with Gasteiger partial charge in [0.05, 0.1) is 10.6 Å². The minimum Gasteiger partial charge on any atom is -0.369 e. The molecule has 0 unspecified atom stereocenters. The van der Waals surface area contributed by atoms with Crippen LogP contribution in [-0.4, -0.2) is 30.4 Å². The van der Waals surface area contributed by atoms with Crippen LogP contribution in [0.5, 0.6) is 0 Å². The topological polar surface area (TPSA) is 97.1 Å². The highest BCUT2D eigenvalue weighted by atomic mass is 35.5. The molecule has 7 heteroatoms. The number of benzene rings is 1. The Hall–Kier alpha value is -2.60. The monoisotopic (exact) mass is 332 g/mol. The number of nitrogens with zero attached hydrogens (tertiary/aromatic N) is 1. The summed E-state index contributed by atoms with van der Waals surface area (Å²) in [4.78, 5) is 26.7. The maximum Gasteiger partial charge on any atom is 0.251 e. The molecule has 0 aliphatic heterocycles. The fourth-order valence-electron chi connectivity index (χ4n) is 2.04. The third-order valence-corrected chi connectivity index (χ3v) is 3.54. The van der Waals surface area contributed by atoms with Gasteiger partial charge in [-0.2, -0.15) is 0 Å². The molecule has 4 N–H and O–H groups in total. The molecule has 1 aromatic carbocycles. The van der Waals surface area contributed by atoms with Crippen LogP contribution in [0, 0.1) is 0 Å². The van der Waals surface area contributed by atoms with Gasteiger partial charge in [0.1, 0.15) is 5.82 Å². The van der Waals surface area contributed by atoms with Crippen molar-refractivity contribution < 1.29 is 9.59 Å². The molecule has 2 aromatic rings. The van der Waals surface area contributed by atoms with E-state index < -0.39 is 5.91 Å². The van der Waals surface area contributed by atoms with Crippen LogP contribution < -0.4 is 16.4 Å². The van der Waals surface area contributed by atoms with Gasteiger partial charge in [0, 0.05) is 25.4 Å². The molecule has 6 nitrogen and oxygen atoms in total. The third kappa shape index (κ3) is 4.43. The van der Waals surface area contributed by atoms with E-state index in [0.717, 1.165) is 5.56 Å². The highest BCUT2D eigenvalue weighted by Crippen LogP contribution is 2.20. The zero-order valence-corrected chi connectivity index (χ0v) is 13.4. The molecular formula is C16H17ClN4O2. The first-order valence-corrected chi connectivity index (χ1v) is 7.39. The molecule has 0 saturated heterocycles. The number of hydrogen-bond acceptors (Lipinski definition) is 4. The molecule has 0 atom stereocenters. The summed E-state index contributed by atoms with van der Waals surface area (Å²) < 4.78 is 0. The second kappa shape index (κ2) is 7.60. The van der Waals surface area contributed by atoms with Crippen molar-refractivity contribution in [1.29, 1.82) is 0 Å². The van der Waals surface area contributed by atoms with E-state index in [4.69, 9.17) is 17.3 Å². The molecule has 2 rings (SSSR count). The Balaban J connectivity index is 1.97. The summed E-state index contributed by atoms with van der Waals surface area (Å²) in [5.74, 6) is -0.206. The normalized spacial score (nSPS) is 10.2. The Labute approximate surface area is 139 Å². The molecule has 0 spiro atoms. The average molecular weight is 333 g/mol. The molecule has 0 saturated carbocycles. The number of amides is 2. The van der Waals surface area contributed by atoms with Gasteiger partial charge < -0.3 is 16.4 Å². The van der Waals surface area contributed by atoms with Gasteiger partial charge >= 0.3 is 0 Å². The largest absolute Gasteiger partial charge is 0.369 e. The Bertz CT molecular complexity index is 734. The van der Waals surface area contributed by atoms with Crippen LogP contribution in [0.2, 0.25) is 5.02 Å². The van der Waals surface area contributed by atoms with Crippen molar-refractivity contribution >= 4 is 29.2 Å². The Morgan fingerprint density at radius 3 is 2.70 bits per heavy atom. The van der Waals surface area contributed by atoms with Gasteiger partial charge in [0.25, 0.3) is 5.91 Å². The van der Waals surface area contributed by atoms with Crippen molar-refractivity contribution in [1.82, 2.24) is 10.3 Å². The molecule has 0 bridgehead atoms. The standard InChI is InChI=1S/C16H17ClN4O2/c1-19-16(23)11-4-2-3-10(7-11)5-6-20-15-13(17)8-12(9-21-15)14(18)22/h2-4,7-9H,5-6H2,1H3,(H2,18,22)(H,19,23)(H,20,21). The maximum atomic E-state index is 11.6. The van der Waals surface area contributed by atoms with Gasteiger partial charge in [-0.25, -0.2) is 4.98 Å². The summed E-state index contributed by atoms with van der Waals surface area (Å²) in [6.07, 6.45) is 2.07. The summed E-state index contributed by atoms with van der Waals surface area (Å²) in [5.41, 5.74) is 7.07. The van der Waals surface area contributed by atoms with E-state index in [9.17, 15) is 9.59 Å². The van der Waals surface area contributed by atoms with E-state index in [2.05, 4.69) is 15.6 Å². The van der Waals surface area contributed by atoms with Crippen LogP contribution >= 0.6 is 11.6 Å². The average Bonchev–Trinajstić information content (AvgIpc) is 2.55. The Morgan fingerprint density at radius 2 is 2.04 bits per heavy atom. The fourth-order valence-corrected chi connectivity index (χ4v) is 2.27. The van der Waals surface area contributed by atoms with E-state index in [1.165, 1.54) is 12.3 Å². The van der Waals surface area contributed by atoms with Crippen molar-refractivity contribution in [3.8, 4) is 0 Å². The zero-order valence-electron chi connectivity index (χ0n) is 12.6. The number of halogens is 1. The highest BCUT2D eigenvalue weighted by Gasteiger charge is 2.07. The van der Waals surface area contributed by atoms with E-state index in [1.54, 1.807) is 13.1 Å².